The van der Waals surface area contributed by atoms with Crippen LogP contribution in [0.25, 0.3) is 33.3 Å². The predicted molar refractivity (Wildman–Crippen MR) is 115 cm³/mol. The van der Waals surface area contributed by atoms with Crippen LogP contribution in [0.3, 0.4) is 0 Å². The molecule has 5 nitrogen and oxygen atoms in total. The molecule has 3 heterocycles. The number of furan rings is 1. The van der Waals surface area contributed by atoms with Crippen molar-refractivity contribution in [3.63, 3.8) is 0 Å². The maximum atomic E-state index is 6.19. The molecule has 0 saturated carbocycles. The SMILES string of the molecule is CSc1nc(OCc2ccccc2)cc(-c2cc3cnc4ccccc4c3o2)n1. The van der Waals surface area contributed by atoms with Crippen molar-refractivity contribution in [1.29, 1.82) is 0 Å². The zero-order chi connectivity index (χ0) is 19.6. The van der Waals surface area contributed by atoms with Gasteiger partial charge < -0.3 is 9.15 Å². The monoisotopic (exact) mass is 399 g/mol. The first-order valence-electron chi connectivity index (χ1n) is 9.17. The van der Waals surface area contributed by atoms with Gasteiger partial charge in [0.1, 0.15) is 17.9 Å². The van der Waals surface area contributed by atoms with Crippen LogP contribution in [0.15, 0.2) is 82.5 Å². The molecule has 29 heavy (non-hydrogen) atoms. The summed E-state index contributed by atoms with van der Waals surface area (Å²) in [5, 5.41) is 2.56. The lowest BCUT2D eigenvalue weighted by Gasteiger charge is -2.08. The molecular formula is C23H17N3O2S. The molecule has 0 radical (unpaired) electrons. The number of nitrogens with zero attached hydrogens (tertiary/aromatic N) is 3. The van der Waals surface area contributed by atoms with Gasteiger partial charge in [-0.05, 0) is 30.0 Å². The number of pyridine rings is 1. The molecule has 5 aromatic rings. The minimum atomic E-state index is 0.444. The molecule has 2 aromatic carbocycles. The molecule has 0 amide bonds. The predicted octanol–water partition coefficient (Wildman–Crippen LogP) is 5.74. The Hall–Kier alpha value is -3.38. The van der Waals surface area contributed by atoms with Gasteiger partial charge in [-0.25, -0.2) is 4.98 Å². The summed E-state index contributed by atoms with van der Waals surface area (Å²) in [7, 11) is 0. The number of para-hydroxylation sites is 1. The highest BCUT2D eigenvalue weighted by atomic mass is 32.2. The number of fused-ring (bicyclic) bond motifs is 3. The first kappa shape index (κ1) is 17.7. The molecule has 0 fully saturated rings. The Morgan fingerprint density at radius 3 is 2.66 bits per heavy atom. The lowest BCUT2D eigenvalue weighted by molar-refractivity contribution is 0.290. The Morgan fingerprint density at radius 1 is 0.966 bits per heavy atom. The molecule has 0 atom stereocenters. The third kappa shape index (κ3) is 3.54. The van der Waals surface area contributed by atoms with Gasteiger partial charge >= 0.3 is 0 Å². The summed E-state index contributed by atoms with van der Waals surface area (Å²) in [5.74, 6) is 1.19. The van der Waals surface area contributed by atoms with E-state index in [1.165, 1.54) is 11.8 Å². The number of ether oxygens (including phenoxy) is 1. The number of benzene rings is 2. The van der Waals surface area contributed by atoms with Gasteiger partial charge in [0.15, 0.2) is 10.9 Å². The lowest BCUT2D eigenvalue weighted by Crippen LogP contribution is -1.99. The van der Waals surface area contributed by atoms with E-state index in [4.69, 9.17) is 9.15 Å². The molecule has 0 unspecified atom stereocenters. The van der Waals surface area contributed by atoms with E-state index in [1.54, 1.807) is 0 Å². The highest BCUT2D eigenvalue weighted by molar-refractivity contribution is 7.98. The second-order valence-corrected chi connectivity index (χ2v) is 7.30. The summed E-state index contributed by atoms with van der Waals surface area (Å²) >= 11 is 1.47. The van der Waals surface area contributed by atoms with Gasteiger partial charge in [0, 0.05) is 23.0 Å². The molecule has 0 N–H and O–H groups in total. The third-order valence-corrected chi connectivity index (χ3v) is 5.15. The van der Waals surface area contributed by atoms with Gasteiger partial charge in [-0.3, -0.25) is 4.98 Å². The average molecular weight is 399 g/mol. The number of hydrogen-bond acceptors (Lipinski definition) is 6. The molecule has 0 aliphatic carbocycles. The van der Waals surface area contributed by atoms with Gasteiger partial charge in [-0.15, -0.1) is 0 Å². The highest BCUT2D eigenvalue weighted by Gasteiger charge is 2.14. The standard InChI is InChI=1S/C23H17N3O2S/c1-29-23-25-19(12-21(26-23)27-14-15-7-3-2-4-8-15)20-11-16-13-24-18-10-6-5-9-17(18)22(16)28-20/h2-13H,14H2,1H3. The van der Waals surface area contributed by atoms with E-state index in [9.17, 15) is 0 Å². The summed E-state index contributed by atoms with van der Waals surface area (Å²) in [6.45, 7) is 0.444. The van der Waals surface area contributed by atoms with E-state index >= 15 is 0 Å². The Labute approximate surface area is 171 Å². The van der Waals surface area contributed by atoms with E-state index in [0.717, 1.165) is 27.4 Å². The van der Waals surface area contributed by atoms with Crippen LogP contribution in [-0.4, -0.2) is 21.2 Å². The van der Waals surface area contributed by atoms with Crippen molar-refractivity contribution in [3.8, 4) is 17.3 Å². The van der Waals surface area contributed by atoms with E-state index in [0.29, 0.717) is 29.1 Å². The fourth-order valence-electron chi connectivity index (χ4n) is 3.18. The second-order valence-electron chi connectivity index (χ2n) is 6.52. The fraction of sp³-hybridized carbons (Fsp3) is 0.0870. The van der Waals surface area contributed by atoms with Crippen LogP contribution in [0.4, 0.5) is 0 Å². The van der Waals surface area contributed by atoms with Crippen LogP contribution >= 0.6 is 11.8 Å². The van der Waals surface area contributed by atoms with Crippen molar-refractivity contribution >= 4 is 33.6 Å². The second kappa shape index (κ2) is 7.56. The van der Waals surface area contributed by atoms with E-state index in [2.05, 4.69) is 15.0 Å². The Kier molecular flexibility index (Phi) is 4.62. The molecule has 0 bridgehead atoms. The molecule has 5 rings (SSSR count). The number of thioether (sulfide) groups is 1. The quantitative estimate of drug-likeness (QED) is 0.277. The minimum absolute atomic E-state index is 0.444. The van der Waals surface area contributed by atoms with Gasteiger partial charge in [0.25, 0.3) is 0 Å². The van der Waals surface area contributed by atoms with Crippen LogP contribution in [0, 0.1) is 0 Å². The van der Waals surface area contributed by atoms with Crippen molar-refractivity contribution in [1.82, 2.24) is 15.0 Å². The number of aromatic nitrogens is 3. The van der Waals surface area contributed by atoms with Gasteiger partial charge in [-0.2, -0.15) is 4.98 Å². The topological polar surface area (TPSA) is 61.0 Å². The van der Waals surface area contributed by atoms with E-state index in [-0.39, 0.29) is 0 Å². The van der Waals surface area contributed by atoms with Crippen LogP contribution in [0.5, 0.6) is 5.88 Å². The van der Waals surface area contributed by atoms with Crippen LogP contribution < -0.4 is 4.74 Å². The van der Waals surface area contributed by atoms with Crippen molar-refractivity contribution in [2.24, 2.45) is 0 Å². The molecular weight excluding hydrogens is 382 g/mol. The summed E-state index contributed by atoms with van der Waals surface area (Å²) < 4.78 is 12.1. The molecule has 3 aromatic heterocycles. The maximum absolute atomic E-state index is 6.19. The summed E-state index contributed by atoms with van der Waals surface area (Å²) in [6, 6.07) is 21.7. The first-order chi connectivity index (χ1) is 14.3. The Balaban J connectivity index is 1.54. The van der Waals surface area contributed by atoms with Crippen molar-refractivity contribution in [3.05, 3.63) is 78.5 Å². The van der Waals surface area contributed by atoms with Crippen LogP contribution in [0.1, 0.15) is 5.56 Å². The Bertz CT molecular complexity index is 1300. The zero-order valence-corrected chi connectivity index (χ0v) is 16.5. The summed E-state index contributed by atoms with van der Waals surface area (Å²) in [4.78, 5) is 13.6. The zero-order valence-electron chi connectivity index (χ0n) is 15.7. The molecule has 6 heteroatoms. The summed E-state index contributed by atoms with van der Waals surface area (Å²) in [5.41, 5.74) is 3.48. The largest absolute Gasteiger partial charge is 0.473 e. The van der Waals surface area contributed by atoms with Gasteiger partial charge in [0.2, 0.25) is 5.88 Å². The average Bonchev–Trinajstić information content (AvgIpc) is 3.23. The van der Waals surface area contributed by atoms with Crippen LogP contribution in [0.2, 0.25) is 0 Å². The maximum Gasteiger partial charge on any atom is 0.218 e. The van der Waals surface area contributed by atoms with Gasteiger partial charge in [-0.1, -0.05) is 54.2 Å². The third-order valence-electron chi connectivity index (χ3n) is 4.60. The molecule has 142 valence electrons. The molecule has 0 aliphatic rings. The van der Waals surface area contributed by atoms with Crippen molar-refractivity contribution in [2.45, 2.75) is 11.8 Å². The number of rotatable bonds is 5. The number of hydrogen-bond donors (Lipinski definition) is 0. The van der Waals surface area contributed by atoms with Crippen molar-refractivity contribution in [2.75, 3.05) is 6.26 Å². The molecule has 0 saturated heterocycles. The summed E-state index contributed by atoms with van der Waals surface area (Å²) in [6.07, 6.45) is 3.77. The smallest absolute Gasteiger partial charge is 0.218 e. The molecule has 0 aliphatic heterocycles. The highest BCUT2D eigenvalue weighted by Crippen LogP contribution is 2.32. The minimum Gasteiger partial charge on any atom is -0.473 e. The lowest BCUT2D eigenvalue weighted by atomic mass is 10.2. The van der Waals surface area contributed by atoms with E-state index < -0.39 is 0 Å². The van der Waals surface area contributed by atoms with Crippen LogP contribution in [-0.2, 0) is 6.61 Å². The van der Waals surface area contributed by atoms with Crippen molar-refractivity contribution < 1.29 is 9.15 Å². The van der Waals surface area contributed by atoms with Gasteiger partial charge in [0.05, 0.1) is 5.52 Å². The van der Waals surface area contributed by atoms with E-state index in [1.807, 2.05) is 79.2 Å². The molecule has 0 spiro atoms. The normalized spacial score (nSPS) is 11.2. The fourth-order valence-corrected chi connectivity index (χ4v) is 3.55. The first-order valence-corrected chi connectivity index (χ1v) is 10.4. The Morgan fingerprint density at radius 2 is 1.79 bits per heavy atom.